The van der Waals surface area contributed by atoms with Gasteiger partial charge in [-0.15, -0.1) is 0 Å². The van der Waals surface area contributed by atoms with Gasteiger partial charge in [0.05, 0.1) is 19.5 Å². The predicted molar refractivity (Wildman–Crippen MR) is 177 cm³/mol. The summed E-state index contributed by atoms with van der Waals surface area (Å²) in [5.74, 6) is -0.0406. The van der Waals surface area contributed by atoms with E-state index in [1.165, 1.54) is 6.92 Å². The van der Waals surface area contributed by atoms with Gasteiger partial charge in [-0.1, -0.05) is 0 Å². The molecule has 0 spiro atoms. The number of nitrogens with two attached hydrogens (primary N) is 1. The van der Waals surface area contributed by atoms with Crippen LogP contribution in [0.4, 0.5) is 5.82 Å². The van der Waals surface area contributed by atoms with Crippen LogP contribution in [0.2, 0.25) is 0 Å². The molecule has 5 heterocycles. The molecule has 5 unspecified atom stereocenters. The number of imidazole rings is 1. The number of hydrogen-bond donors (Lipinski definition) is 10. The Labute approximate surface area is 314 Å². The molecule has 2 fully saturated rings. The summed E-state index contributed by atoms with van der Waals surface area (Å²) >= 11 is 0. The molecule has 316 valence electrons. The fourth-order valence-electron chi connectivity index (χ4n) is 5.13. The number of nitrogens with one attached hydrogen (secondary N) is 2. The molecular weight excluding hydrogens is 887 g/mol. The van der Waals surface area contributed by atoms with Gasteiger partial charge in [-0.2, -0.15) is 17.2 Å². The van der Waals surface area contributed by atoms with Crippen molar-refractivity contribution in [2.75, 3.05) is 18.9 Å². The highest BCUT2D eigenvalue weighted by atomic mass is 31.3. The summed E-state index contributed by atoms with van der Waals surface area (Å²) in [5.41, 5.74) is 11.3. The second kappa shape index (κ2) is 16.9. The number of phosphoric ester groups is 2. The first-order valence-electron chi connectivity index (χ1n) is 15.1. The minimum atomic E-state index is -6.45. The van der Waals surface area contributed by atoms with Crippen molar-refractivity contribution in [1.82, 2.24) is 34.0 Å². The molecule has 11 N–H and O–H groups in total. The van der Waals surface area contributed by atoms with E-state index < -0.39 is 106 Å². The summed E-state index contributed by atoms with van der Waals surface area (Å²) in [7, 11) is -30.8. The number of hydrogen-bond acceptors (Lipinski definition) is 23. The highest BCUT2D eigenvalue weighted by molar-refractivity contribution is 7.71. The largest absolute Gasteiger partial charge is 0.490 e. The molecule has 0 bridgehead atoms. The zero-order chi connectivity index (χ0) is 42.3. The van der Waals surface area contributed by atoms with Crippen LogP contribution in [-0.4, -0.2) is 107 Å². The molecule has 12 atom stereocenters. The second-order valence-electron chi connectivity index (χ2n) is 11.5. The van der Waals surface area contributed by atoms with E-state index in [2.05, 4.69) is 51.3 Å². The highest BCUT2D eigenvalue weighted by Gasteiger charge is 2.50. The summed E-state index contributed by atoms with van der Waals surface area (Å²) in [4.78, 5) is 89.8. The molecule has 0 amide bonds. The van der Waals surface area contributed by atoms with Crippen molar-refractivity contribution in [2.45, 2.75) is 56.3 Å². The van der Waals surface area contributed by atoms with Crippen LogP contribution in [0.3, 0.4) is 0 Å². The zero-order valence-electron chi connectivity index (χ0n) is 28.1. The molecule has 2 aliphatic rings. The van der Waals surface area contributed by atoms with Crippen molar-refractivity contribution < 1.29 is 93.3 Å². The normalized spacial score (nSPS) is 29.1. The lowest BCUT2D eigenvalue weighted by Crippen LogP contribution is -2.33. The summed E-state index contributed by atoms with van der Waals surface area (Å²) < 4.78 is 99.0. The Morgan fingerprint density at radius 1 is 0.877 bits per heavy atom. The van der Waals surface area contributed by atoms with Crippen LogP contribution >= 0.6 is 39.1 Å². The SMILES string of the molecule is Cc1cn([C@H]2C[C@H](N=[N+]=N)[C@@H](COP(=O)(O)OP(=O)(O)OP(=O)(O)OP(=O)(O)OP(=O)(O)OC[C@H]3O[C@@H](n4cnc5c(N)ncnc54)[C@H](O)[C@@H]3O)O2)c(=O)[nH]c1=O. The Morgan fingerprint density at radius 3 is 2.02 bits per heavy atom. The van der Waals surface area contributed by atoms with Crippen LogP contribution in [0.15, 0.2) is 33.6 Å². The fraction of sp³-hybridized carbons (Fsp3) is 0.550. The molecule has 0 aromatic carbocycles. The van der Waals surface area contributed by atoms with Gasteiger partial charge in [-0.25, -0.2) is 42.6 Å². The molecule has 3 aromatic heterocycles. The minimum Gasteiger partial charge on any atom is -0.387 e. The summed E-state index contributed by atoms with van der Waals surface area (Å²) in [5, 5.41) is 24.4. The molecular formula is C20H30N10O22P5+. The van der Waals surface area contributed by atoms with Gasteiger partial charge in [0.2, 0.25) is 4.91 Å². The predicted octanol–water partition coefficient (Wildman–Crippen LogP) is -1.31. The Morgan fingerprint density at radius 2 is 1.44 bits per heavy atom. The van der Waals surface area contributed by atoms with Gasteiger partial charge >= 0.3 is 44.8 Å². The number of nitrogen functional groups attached to an aromatic ring is 1. The van der Waals surface area contributed by atoms with Gasteiger partial charge in [-0.05, 0) is 6.92 Å². The number of nitrogens with zero attached hydrogens (tertiary/aromatic N) is 7. The molecule has 2 saturated heterocycles. The van der Waals surface area contributed by atoms with Gasteiger partial charge in [0, 0.05) is 18.2 Å². The zero-order valence-corrected chi connectivity index (χ0v) is 32.6. The summed E-state index contributed by atoms with van der Waals surface area (Å²) in [6.45, 7) is -0.864. The number of phosphoric acid groups is 5. The molecule has 57 heavy (non-hydrogen) atoms. The van der Waals surface area contributed by atoms with E-state index in [0.717, 1.165) is 28.0 Å². The van der Waals surface area contributed by atoms with Gasteiger partial charge in [0.25, 0.3) is 5.56 Å². The maximum atomic E-state index is 12.5. The maximum Gasteiger partial charge on any atom is 0.490 e. The minimum absolute atomic E-state index is 0.0406. The molecule has 37 heteroatoms. The summed E-state index contributed by atoms with van der Waals surface area (Å²) in [6, 6.07) is -1.15. The van der Waals surface area contributed by atoms with E-state index in [0.29, 0.717) is 0 Å². The first kappa shape index (κ1) is 45.0. The van der Waals surface area contributed by atoms with Crippen LogP contribution in [0.5, 0.6) is 0 Å². The number of H-pyrrole nitrogens is 1. The third-order valence-electron chi connectivity index (χ3n) is 7.49. The number of aliphatic hydroxyl groups is 2. The monoisotopic (exact) mass is 917 g/mol. The molecule has 0 saturated carbocycles. The van der Waals surface area contributed by atoms with Gasteiger partial charge in [0.15, 0.2) is 23.7 Å². The lowest BCUT2D eigenvalue weighted by atomic mass is 10.1. The van der Waals surface area contributed by atoms with Crippen molar-refractivity contribution in [3.63, 3.8) is 0 Å². The first-order chi connectivity index (χ1) is 26.3. The fourth-order valence-corrected chi connectivity index (χ4v) is 11.5. The van der Waals surface area contributed by atoms with Crippen LogP contribution in [0.25, 0.3) is 11.2 Å². The van der Waals surface area contributed by atoms with Crippen LogP contribution in [-0.2, 0) is 58.6 Å². The third-order valence-corrected chi connectivity index (χ3v) is 15.0. The lowest BCUT2D eigenvalue weighted by molar-refractivity contribution is -0.0503. The number of aryl methyl sites for hydroxylation is 1. The van der Waals surface area contributed by atoms with Crippen LogP contribution < -0.4 is 21.9 Å². The van der Waals surface area contributed by atoms with Crippen molar-refractivity contribution in [1.29, 1.82) is 5.53 Å². The quantitative estimate of drug-likeness (QED) is 0.0427. The number of aromatic amines is 1. The summed E-state index contributed by atoms with van der Waals surface area (Å²) in [6.07, 6.45) is -6.25. The van der Waals surface area contributed by atoms with E-state index in [9.17, 15) is 67.1 Å². The maximum absolute atomic E-state index is 12.5. The molecule has 0 radical (unpaired) electrons. The Hall–Kier alpha value is -3.11. The van der Waals surface area contributed by atoms with E-state index in [-0.39, 0.29) is 29.0 Å². The van der Waals surface area contributed by atoms with Crippen LogP contribution in [0, 0.1) is 12.5 Å². The number of anilines is 1. The van der Waals surface area contributed by atoms with E-state index in [4.69, 9.17) is 20.7 Å². The number of fused-ring (bicyclic) bond motifs is 1. The van der Waals surface area contributed by atoms with Gasteiger partial charge in [-0.3, -0.25) is 28.0 Å². The topological polar surface area (TPSA) is 476 Å². The van der Waals surface area contributed by atoms with Crippen molar-refractivity contribution in [3.05, 3.63) is 45.3 Å². The molecule has 5 rings (SSSR count). The molecule has 32 nitrogen and oxygen atoms in total. The molecule has 3 aromatic rings. The standard InChI is InChI=1S/C20H29N10O22P5/c1-8-3-29(20(34)26-18(8)33)12-2-9(27-28-22)10(47-12)4-45-53(35,36)49-55(39,40)51-57(43,44)52-56(41,42)50-54(37,38)46-5-11-14(31)15(32)19(48-11)30-7-25-13-16(21)23-6-24-17(13)30/h3,6-7,9-12,14-15,19,22,31-32H,2,4-5H2,1H3,(H7-,21,23,24,26,33,34,35,36,37,38,39,40,41,42,43,44)/p+1/t9-,10+,11+,12+,14+,15+,19+/m0/s1. The number of rotatable bonds is 17. The van der Waals surface area contributed by atoms with Gasteiger partial charge < -0.3 is 49.9 Å². The first-order valence-corrected chi connectivity index (χ1v) is 22.6. The number of ether oxygens (including phenoxy) is 2. The highest BCUT2D eigenvalue weighted by Crippen LogP contribution is 2.73. The lowest BCUT2D eigenvalue weighted by Gasteiger charge is -2.21. The second-order valence-corrected chi connectivity index (χ2v) is 19.3. The van der Waals surface area contributed by atoms with Crippen molar-refractivity contribution >= 4 is 56.1 Å². The van der Waals surface area contributed by atoms with Crippen molar-refractivity contribution in [2.24, 2.45) is 5.11 Å². The van der Waals surface area contributed by atoms with E-state index in [1.807, 2.05) is 4.98 Å². The molecule has 0 aliphatic carbocycles. The Kier molecular flexibility index (Phi) is 13.3. The Bertz CT molecular complexity index is 2420. The Balaban J connectivity index is 1.14. The average molecular weight is 917 g/mol. The van der Waals surface area contributed by atoms with Crippen molar-refractivity contribution in [3.8, 4) is 0 Å². The van der Waals surface area contributed by atoms with Gasteiger partial charge in [0.1, 0.15) is 53.1 Å². The smallest absolute Gasteiger partial charge is 0.387 e. The van der Waals surface area contributed by atoms with E-state index in [1.54, 1.807) is 0 Å². The van der Waals surface area contributed by atoms with E-state index >= 15 is 0 Å². The van der Waals surface area contributed by atoms with Crippen LogP contribution in [0.1, 0.15) is 24.4 Å². The average Bonchev–Trinajstić information content (AvgIpc) is 3.75. The molecule has 2 aliphatic heterocycles. The third kappa shape index (κ3) is 11.1. The number of aromatic nitrogens is 6. The number of aliphatic hydroxyl groups excluding tert-OH is 2.